The quantitative estimate of drug-likeness (QED) is 0.893. The van der Waals surface area contributed by atoms with Gasteiger partial charge in [0.05, 0.1) is 4.90 Å². The van der Waals surface area contributed by atoms with Crippen LogP contribution in [0.25, 0.3) is 10.8 Å². The van der Waals surface area contributed by atoms with E-state index in [-0.39, 0.29) is 6.04 Å². The normalized spacial score (nSPS) is 19.9. The first-order chi connectivity index (χ1) is 9.15. The number of hydrogen-bond donors (Lipinski definition) is 2. The fourth-order valence-corrected chi connectivity index (χ4v) is 3.68. The van der Waals surface area contributed by atoms with Crippen molar-refractivity contribution in [3.8, 4) is 0 Å². The zero-order valence-corrected chi connectivity index (χ0v) is 11.3. The molecule has 100 valence electrons. The molecular formula is C14H16N2O2S. The van der Waals surface area contributed by atoms with E-state index in [9.17, 15) is 8.42 Å². The molecule has 1 heterocycles. The lowest BCUT2D eigenvalue weighted by atomic mass is 10.1. The molecule has 4 nitrogen and oxygen atoms in total. The summed E-state index contributed by atoms with van der Waals surface area (Å²) in [6.07, 6.45) is 0.840. The highest BCUT2D eigenvalue weighted by molar-refractivity contribution is 7.89. The summed E-state index contributed by atoms with van der Waals surface area (Å²) in [6, 6.07) is 13.0. The smallest absolute Gasteiger partial charge is 0.240 e. The van der Waals surface area contributed by atoms with Crippen LogP contribution in [0.3, 0.4) is 0 Å². The van der Waals surface area contributed by atoms with Gasteiger partial charge in [-0.15, -0.1) is 0 Å². The van der Waals surface area contributed by atoms with E-state index in [1.807, 2.05) is 30.3 Å². The van der Waals surface area contributed by atoms with Crippen LogP contribution in [0.5, 0.6) is 0 Å². The Labute approximate surface area is 112 Å². The first-order valence-corrected chi connectivity index (χ1v) is 7.85. The second-order valence-electron chi connectivity index (χ2n) is 4.82. The Bertz CT molecular complexity index is 691. The third-order valence-corrected chi connectivity index (χ3v) is 4.93. The summed E-state index contributed by atoms with van der Waals surface area (Å²) in [7, 11) is -3.43. The van der Waals surface area contributed by atoms with Gasteiger partial charge in [-0.3, -0.25) is 0 Å². The van der Waals surface area contributed by atoms with Crippen LogP contribution in [0.1, 0.15) is 6.42 Å². The zero-order chi connectivity index (χ0) is 13.3. The Morgan fingerprint density at radius 3 is 2.63 bits per heavy atom. The highest BCUT2D eigenvalue weighted by Crippen LogP contribution is 2.19. The Hall–Kier alpha value is -1.43. The summed E-state index contributed by atoms with van der Waals surface area (Å²) < 4.78 is 27.3. The molecule has 3 rings (SSSR count). The van der Waals surface area contributed by atoms with E-state index in [2.05, 4.69) is 10.0 Å². The molecule has 0 spiro atoms. The molecule has 0 amide bonds. The fraction of sp³-hybridized carbons (Fsp3) is 0.286. The van der Waals surface area contributed by atoms with Crippen LogP contribution in [-0.2, 0) is 10.0 Å². The van der Waals surface area contributed by atoms with Gasteiger partial charge in [0, 0.05) is 12.6 Å². The summed E-state index contributed by atoms with van der Waals surface area (Å²) in [5, 5.41) is 5.13. The molecule has 1 aliphatic rings. The summed E-state index contributed by atoms with van der Waals surface area (Å²) in [5.74, 6) is 0. The Kier molecular flexibility index (Phi) is 3.26. The molecule has 0 saturated carbocycles. The molecule has 0 bridgehead atoms. The van der Waals surface area contributed by atoms with Crippen LogP contribution < -0.4 is 10.0 Å². The Morgan fingerprint density at radius 1 is 1.11 bits per heavy atom. The molecule has 1 fully saturated rings. The van der Waals surface area contributed by atoms with Gasteiger partial charge in [0.1, 0.15) is 0 Å². The van der Waals surface area contributed by atoms with Gasteiger partial charge in [-0.05, 0) is 35.9 Å². The number of fused-ring (bicyclic) bond motifs is 1. The van der Waals surface area contributed by atoms with E-state index in [0.29, 0.717) is 11.4 Å². The molecule has 0 aromatic heterocycles. The van der Waals surface area contributed by atoms with Gasteiger partial charge in [-0.1, -0.05) is 30.3 Å². The SMILES string of the molecule is O=S(=O)(N[C@@H]1CCNC1)c1ccc2ccccc2c1. The van der Waals surface area contributed by atoms with Crippen molar-refractivity contribution >= 4 is 20.8 Å². The van der Waals surface area contributed by atoms with Crippen LogP contribution in [0.15, 0.2) is 47.4 Å². The second-order valence-corrected chi connectivity index (χ2v) is 6.53. The highest BCUT2D eigenvalue weighted by Gasteiger charge is 2.22. The Morgan fingerprint density at radius 2 is 1.89 bits per heavy atom. The molecule has 0 aliphatic carbocycles. The van der Waals surface area contributed by atoms with Crippen molar-refractivity contribution in [2.75, 3.05) is 13.1 Å². The molecule has 2 aromatic rings. The number of benzene rings is 2. The van der Waals surface area contributed by atoms with Crippen LogP contribution in [-0.4, -0.2) is 27.5 Å². The first kappa shape index (κ1) is 12.6. The molecule has 0 unspecified atom stereocenters. The molecule has 2 N–H and O–H groups in total. The highest BCUT2D eigenvalue weighted by atomic mass is 32.2. The van der Waals surface area contributed by atoms with Gasteiger partial charge in [-0.25, -0.2) is 13.1 Å². The molecule has 19 heavy (non-hydrogen) atoms. The lowest BCUT2D eigenvalue weighted by molar-refractivity contribution is 0.560. The minimum Gasteiger partial charge on any atom is -0.315 e. The molecule has 2 aromatic carbocycles. The minimum atomic E-state index is -3.43. The third-order valence-electron chi connectivity index (χ3n) is 3.41. The van der Waals surface area contributed by atoms with E-state index < -0.39 is 10.0 Å². The average molecular weight is 276 g/mol. The summed E-state index contributed by atoms with van der Waals surface area (Å²) in [5.41, 5.74) is 0. The maximum Gasteiger partial charge on any atom is 0.240 e. The molecular weight excluding hydrogens is 260 g/mol. The first-order valence-electron chi connectivity index (χ1n) is 6.37. The fourth-order valence-electron chi connectivity index (χ4n) is 2.38. The average Bonchev–Trinajstić information content (AvgIpc) is 2.90. The van der Waals surface area contributed by atoms with E-state index in [1.54, 1.807) is 12.1 Å². The molecule has 1 saturated heterocycles. The van der Waals surface area contributed by atoms with Gasteiger partial charge in [0.15, 0.2) is 0 Å². The second kappa shape index (κ2) is 4.92. The molecule has 1 atom stereocenters. The number of rotatable bonds is 3. The van der Waals surface area contributed by atoms with Gasteiger partial charge >= 0.3 is 0 Å². The molecule has 0 radical (unpaired) electrons. The summed E-state index contributed by atoms with van der Waals surface area (Å²) in [6.45, 7) is 1.57. The van der Waals surface area contributed by atoms with Gasteiger partial charge < -0.3 is 5.32 Å². The van der Waals surface area contributed by atoms with Crippen LogP contribution in [0, 0.1) is 0 Å². The van der Waals surface area contributed by atoms with Gasteiger partial charge in [0.2, 0.25) is 10.0 Å². The zero-order valence-electron chi connectivity index (χ0n) is 10.5. The molecule has 1 aliphatic heterocycles. The lowest BCUT2D eigenvalue weighted by Gasteiger charge is -2.12. The minimum absolute atomic E-state index is 0.00327. The van der Waals surface area contributed by atoms with Crippen molar-refractivity contribution in [3.63, 3.8) is 0 Å². The maximum absolute atomic E-state index is 12.3. The van der Waals surface area contributed by atoms with E-state index in [4.69, 9.17) is 0 Å². The third kappa shape index (κ3) is 2.63. The van der Waals surface area contributed by atoms with Crippen LogP contribution in [0.4, 0.5) is 0 Å². The monoisotopic (exact) mass is 276 g/mol. The summed E-state index contributed by atoms with van der Waals surface area (Å²) >= 11 is 0. The number of sulfonamides is 1. The summed E-state index contributed by atoms with van der Waals surface area (Å²) in [4.78, 5) is 0.332. The van der Waals surface area contributed by atoms with Crippen molar-refractivity contribution < 1.29 is 8.42 Å². The van der Waals surface area contributed by atoms with Crippen molar-refractivity contribution in [2.45, 2.75) is 17.4 Å². The van der Waals surface area contributed by atoms with Gasteiger partial charge in [0.25, 0.3) is 0 Å². The van der Waals surface area contributed by atoms with E-state index >= 15 is 0 Å². The number of nitrogens with one attached hydrogen (secondary N) is 2. The van der Waals surface area contributed by atoms with Crippen molar-refractivity contribution in [3.05, 3.63) is 42.5 Å². The topological polar surface area (TPSA) is 58.2 Å². The van der Waals surface area contributed by atoms with Crippen LogP contribution >= 0.6 is 0 Å². The lowest BCUT2D eigenvalue weighted by Crippen LogP contribution is -2.36. The van der Waals surface area contributed by atoms with Gasteiger partial charge in [-0.2, -0.15) is 0 Å². The Balaban J connectivity index is 1.93. The van der Waals surface area contributed by atoms with Crippen LogP contribution in [0.2, 0.25) is 0 Å². The van der Waals surface area contributed by atoms with Crippen molar-refractivity contribution in [1.29, 1.82) is 0 Å². The standard InChI is InChI=1S/C14H16N2O2S/c17-19(18,16-13-7-8-15-10-13)14-6-5-11-3-1-2-4-12(11)9-14/h1-6,9,13,15-16H,7-8,10H2/t13-/m1/s1. The molecule has 5 heteroatoms. The predicted molar refractivity (Wildman–Crippen MR) is 75.5 cm³/mol. The number of hydrogen-bond acceptors (Lipinski definition) is 3. The van der Waals surface area contributed by atoms with Crippen molar-refractivity contribution in [1.82, 2.24) is 10.0 Å². The van der Waals surface area contributed by atoms with E-state index in [0.717, 1.165) is 23.7 Å². The predicted octanol–water partition coefficient (Wildman–Crippen LogP) is 1.48. The maximum atomic E-state index is 12.3. The van der Waals surface area contributed by atoms with Crippen molar-refractivity contribution in [2.24, 2.45) is 0 Å². The largest absolute Gasteiger partial charge is 0.315 e. The van der Waals surface area contributed by atoms with E-state index in [1.165, 1.54) is 0 Å².